The quantitative estimate of drug-likeness (QED) is 0.603. The second-order valence-corrected chi connectivity index (χ2v) is 4.83. The molecule has 0 amide bonds. The minimum atomic E-state index is -0.180. The van der Waals surface area contributed by atoms with Crippen LogP contribution in [0, 0.1) is 6.92 Å². The summed E-state index contributed by atoms with van der Waals surface area (Å²) in [6, 6.07) is 1.92. The molecule has 1 rings (SSSR count). The third-order valence-electron chi connectivity index (χ3n) is 2.17. The Morgan fingerprint density at radius 3 is 2.94 bits per heavy atom. The number of methoxy groups -OCH3 is 1. The lowest BCUT2D eigenvalue weighted by Crippen LogP contribution is -2.05. The molecule has 0 radical (unpaired) electrons. The first kappa shape index (κ1) is 14.8. The van der Waals surface area contributed by atoms with Crippen LogP contribution in [0.2, 0.25) is 0 Å². The van der Waals surface area contributed by atoms with Gasteiger partial charge in [0.25, 0.3) is 0 Å². The van der Waals surface area contributed by atoms with E-state index in [-0.39, 0.29) is 5.97 Å². The van der Waals surface area contributed by atoms with Crippen LogP contribution in [0.1, 0.15) is 24.9 Å². The number of esters is 1. The SMILES string of the molecule is CCNc1cc(C)nc(CSCCC(=O)OC)n1. The van der Waals surface area contributed by atoms with Crippen LogP contribution in [-0.2, 0) is 15.3 Å². The molecule has 6 heteroatoms. The van der Waals surface area contributed by atoms with Crippen molar-refractivity contribution >= 4 is 23.5 Å². The maximum Gasteiger partial charge on any atom is 0.306 e. The van der Waals surface area contributed by atoms with E-state index in [0.717, 1.165) is 29.6 Å². The second kappa shape index (κ2) is 7.92. The molecule has 18 heavy (non-hydrogen) atoms. The summed E-state index contributed by atoms with van der Waals surface area (Å²) in [5.41, 5.74) is 0.949. The molecule has 1 N–H and O–H groups in total. The zero-order valence-corrected chi connectivity index (χ0v) is 11.8. The lowest BCUT2D eigenvalue weighted by Gasteiger charge is -2.06. The smallest absolute Gasteiger partial charge is 0.306 e. The molecule has 1 aromatic heterocycles. The van der Waals surface area contributed by atoms with E-state index in [0.29, 0.717) is 12.2 Å². The topological polar surface area (TPSA) is 64.1 Å². The number of thioether (sulfide) groups is 1. The molecule has 0 aliphatic heterocycles. The second-order valence-electron chi connectivity index (χ2n) is 3.72. The number of rotatable bonds is 7. The predicted molar refractivity (Wildman–Crippen MR) is 73.7 cm³/mol. The number of aromatic nitrogens is 2. The Morgan fingerprint density at radius 1 is 1.50 bits per heavy atom. The maximum absolute atomic E-state index is 10.9. The molecule has 0 saturated heterocycles. The zero-order chi connectivity index (χ0) is 13.4. The van der Waals surface area contributed by atoms with Gasteiger partial charge in [-0.25, -0.2) is 9.97 Å². The maximum atomic E-state index is 10.9. The van der Waals surface area contributed by atoms with E-state index in [2.05, 4.69) is 20.0 Å². The van der Waals surface area contributed by atoms with Gasteiger partial charge < -0.3 is 10.1 Å². The summed E-state index contributed by atoms with van der Waals surface area (Å²) in [5, 5.41) is 3.17. The van der Waals surface area contributed by atoms with Crippen molar-refractivity contribution in [2.24, 2.45) is 0 Å². The lowest BCUT2D eigenvalue weighted by molar-refractivity contribution is -0.140. The van der Waals surface area contributed by atoms with Gasteiger partial charge in [0.2, 0.25) is 0 Å². The molecule has 0 aromatic carbocycles. The van der Waals surface area contributed by atoms with E-state index in [9.17, 15) is 4.79 Å². The first-order chi connectivity index (χ1) is 8.65. The number of anilines is 1. The molecule has 100 valence electrons. The van der Waals surface area contributed by atoms with Crippen molar-refractivity contribution in [3.63, 3.8) is 0 Å². The molecule has 1 heterocycles. The Bertz CT molecular complexity index is 399. The van der Waals surface area contributed by atoms with Crippen LogP contribution in [0.4, 0.5) is 5.82 Å². The van der Waals surface area contributed by atoms with E-state index < -0.39 is 0 Å². The van der Waals surface area contributed by atoms with Gasteiger partial charge >= 0.3 is 5.97 Å². The van der Waals surface area contributed by atoms with Gasteiger partial charge in [-0.05, 0) is 13.8 Å². The summed E-state index contributed by atoms with van der Waals surface area (Å²) in [4.78, 5) is 19.7. The lowest BCUT2D eigenvalue weighted by atomic mass is 10.4. The summed E-state index contributed by atoms with van der Waals surface area (Å²) in [7, 11) is 1.40. The molecule has 0 bridgehead atoms. The van der Waals surface area contributed by atoms with Gasteiger partial charge in [0.1, 0.15) is 11.6 Å². The van der Waals surface area contributed by atoms with Gasteiger partial charge in [-0.1, -0.05) is 0 Å². The number of aryl methyl sites for hydroxylation is 1. The molecule has 0 unspecified atom stereocenters. The van der Waals surface area contributed by atoms with Crippen molar-refractivity contribution in [2.75, 3.05) is 24.7 Å². The first-order valence-corrected chi connectivity index (χ1v) is 7.04. The fourth-order valence-electron chi connectivity index (χ4n) is 1.39. The van der Waals surface area contributed by atoms with E-state index >= 15 is 0 Å². The molecular weight excluding hydrogens is 250 g/mol. The summed E-state index contributed by atoms with van der Waals surface area (Å²) < 4.78 is 4.58. The highest BCUT2D eigenvalue weighted by Gasteiger charge is 2.04. The third kappa shape index (κ3) is 5.35. The van der Waals surface area contributed by atoms with Gasteiger partial charge in [-0.3, -0.25) is 4.79 Å². The van der Waals surface area contributed by atoms with Crippen molar-refractivity contribution in [2.45, 2.75) is 26.0 Å². The van der Waals surface area contributed by atoms with Crippen molar-refractivity contribution in [3.8, 4) is 0 Å². The van der Waals surface area contributed by atoms with Crippen molar-refractivity contribution in [3.05, 3.63) is 17.6 Å². The summed E-state index contributed by atoms with van der Waals surface area (Å²) >= 11 is 1.63. The fraction of sp³-hybridized carbons (Fsp3) is 0.583. The summed E-state index contributed by atoms with van der Waals surface area (Å²) in [6.45, 7) is 4.82. The fourth-order valence-corrected chi connectivity index (χ4v) is 2.15. The number of hydrogen-bond donors (Lipinski definition) is 1. The van der Waals surface area contributed by atoms with Crippen LogP contribution < -0.4 is 5.32 Å². The molecule has 5 nitrogen and oxygen atoms in total. The number of ether oxygens (including phenoxy) is 1. The van der Waals surface area contributed by atoms with Crippen LogP contribution in [0.3, 0.4) is 0 Å². The minimum Gasteiger partial charge on any atom is -0.469 e. The number of carbonyl (C=O) groups is 1. The molecule has 0 spiro atoms. The van der Waals surface area contributed by atoms with Gasteiger partial charge in [-0.15, -0.1) is 0 Å². The van der Waals surface area contributed by atoms with Gasteiger partial charge in [0.05, 0.1) is 19.3 Å². The Labute approximate surface area is 112 Å². The van der Waals surface area contributed by atoms with Crippen LogP contribution in [0.25, 0.3) is 0 Å². The van der Waals surface area contributed by atoms with Crippen molar-refractivity contribution in [1.29, 1.82) is 0 Å². The standard InChI is InChI=1S/C12H19N3O2S/c1-4-13-10-7-9(2)14-11(15-10)8-18-6-5-12(16)17-3/h7H,4-6,8H2,1-3H3,(H,13,14,15). The van der Waals surface area contributed by atoms with Crippen LogP contribution >= 0.6 is 11.8 Å². The molecule has 0 fully saturated rings. The van der Waals surface area contributed by atoms with Crippen LogP contribution in [0.5, 0.6) is 0 Å². The number of hydrogen-bond acceptors (Lipinski definition) is 6. The number of nitrogens with one attached hydrogen (secondary N) is 1. The average Bonchev–Trinajstić information content (AvgIpc) is 2.34. The van der Waals surface area contributed by atoms with Crippen LogP contribution in [0.15, 0.2) is 6.07 Å². The normalized spacial score (nSPS) is 10.2. The van der Waals surface area contributed by atoms with Crippen LogP contribution in [-0.4, -0.2) is 35.3 Å². The minimum absolute atomic E-state index is 0.180. The predicted octanol–water partition coefficient (Wildman–Crippen LogP) is 2.01. The van der Waals surface area contributed by atoms with Crippen molar-refractivity contribution in [1.82, 2.24) is 9.97 Å². The third-order valence-corrected chi connectivity index (χ3v) is 3.12. The van der Waals surface area contributed by atoms with Gasteiger partial charge in [0, 0.05) is 24.1 Å². The monoisotopic (exact) mass is 269 g/mol. The first-order valence-electron chi connectivity index (χ1n) is 5.88. The Kier molecular flexibility index (Phi) is 6.49. The van der Waals surface area contributed by atoms with E-state index in [4.69, 9.17) is 0 Å². The highest BCUT2D eigenvalue weighted by Crippen LogP contribution is 2.13. The highest BCUT2D eigenvalue weighted by atomic mass is 32.2. The van der Waals surface area contributed by atoms with Gasteiger partial charge in [0.15, 0.2) is 0 Å². The van der Waals surface area contributed by atoms with Gasteiger partial charge in [-0.2, -0.15) is 11.8 Å². The van der Waals surface area contributed by atoms with E-state index in [1.54, 1.807) is 11.8 Å². The highest BCUT2D eigenvalue weighted by molar-refractivity contribution is 7.98. The molecule has 0 saturated carbocycles. The van der Waals surface area contributed by atoms with Crippen molar-refractivity contribution < 1.29 is 9.53 Å². The van der Waals surface area contributed by atoms with E-state index in [1.807, 2.05) is 19.9 Å². The summed E-state index contributed by atoms with van der Waals surface area (Å²) in [5.74, 6) is 2.90. The number of carbonyl (C=O) groups excluding carboxylic acids is 1. The molecule has 0 aliphatic rings. The van der Waals surface area contributed by atoms with E-state index in [1.165, 1.54) is 7.11 Å². The Balaban J connectivity index is 2.44. The molecule has 0 atom stereocenters. The number of nitrogens with zero attached hydrogens (tertiary/aromatic N) is 2. The average molecular weight is 269 g/mol. The Morgan fingerprint density at radius 2 is 2.28 bits per heavy atom. The molecular formula is C12H19N3O2S. The molecule has 0 aliphatic carbocycles. The largest absolute Gasteiger partial charge is 0.469 e. The Hall–Kier alpha value is -1.30. The summed E-state index contributed by atoms with van der Waals surface area (Å²) in [6.07, 6.45) is 0.424. The molecule has 1 aromatic rings. The zero-order valence-electron chi connectivity index (χ0n) is 11.0.